The zero-order chi connectivity index (χ0) is 24.9. The van der Waals surface area contributed by atoms with Crippen LogP contribution < -0.4 is 5.56 Å². The largest absolute Gasteiger partial charge is 0.448 e. The Labute approximate surface area is 201 Å². The molecule has 0 N–H and O–H groups in total. The molecule has 0 saturated carbocycles. The predicted molar refractivity (Wildman–Crippen MR) is 129 cm³/mol. The lowest BCUT2D eigenvalue weighted by Crippen LogP contribution is -2.37. The minimum Gasteiger partial charge on any atom is -0.448 e. The Balaban J connectivity index is 1.57. The van der Waals surface area contributed by atoms with Crippen LogP contribution in [0.1, 0.15) is 28.5 Å². The van der Waals surface area contributed by atoms with Crippen LogP contribution in [0.2, 0.25) is 0 Å². The first-order chi connectivity index (χ1) is 16.8. The van der Waals surface area contributed by atoms with E-state index in [9.17, 15) is 18.8 Å². The van der Waals surface area contributed by atoms with Crippen molar-refractivity contribution in [3.8, 4) is 0 Å². The molecule has 1 atom stereocenters. The SMILES string of the molecule is CC(OC(=O)c1nn(Cc2ccccc2)c(=O)c2ccccc12)C(=O)N(C)Cc1cccc(F)c1. The average molecular weight is 474 g/mol. The summed E-state index contributed by atoms with van der Waals surface area (Å²) in [5, 5.41) is 4.97. The van der Waals surface area contributed by atoms with Crippen molar-refractivity contribution in [1.29, 1.82) is 0 Å². The van der Waals surface area contributed by atoms with Crippen LogP contribution in [-0.2, 0) is 22.6 Å². The van der Waals surface area contributed by atoms with E-state index >= 15 is 0 Å². The first kappa shape index (κ1) is 23.8. The summed E-state index contributed by atoms with van der Waals surface area (Å²) in [4.78, 5) is 40.2. The Morgan fingerprint density at radius 2 is 1.63 bits per heavy atom. The Hall–Kier alpha value is -4.33. The number of ether oxygens (including phenoxy) is 1. The maximum Gasteiger partial charge on any atom is 0.360 e. The number of likely N-dealkylation sites (N-methyl/N-ethyl adjacent to an activating group) is 1. The van der Waals surface area contributed by atoms with Gasteiger partial charge in [0.15, 0.2) is 11.8 Å². The lowest BCUT2D eigenvalue weighted by Gasteiger charge is -2.22. The van der Waals surface area contributed by atoms with Gasteiger partial charge in [-0.15, -0.1) is 0 Å². The fraction of sp³-hybridized carbons (Fsp3) is 0.185. The molecule has 4 aromatic rings. The third-order valence-corrected chi connectivity index (χ3v) is 5.55. The second-order valence-corrected chi connectivity index (χ2v) is 8.21. The Kier molecular flexibility index (Phi) is 7.01. The van der Waals surface area contributed by atoms with Crippen molar-refractivity contribution in [1.82, 2.24) is 14.7 Å². The molecule has 0 spiro atoms. The number of carbonyl (C=O) groups excluding carboxylic acids is 2. The van der Waals surface area contributed by atoms with Crippen molar-refractivity contribution in [2.24, 2.45) is 0 Å². The van der Waals surface area contributed by atoms with Crippen molar-refractivity contribution in [3.05, 3.63) is 112 Å². The number of benzene rings is 3. The number of amides is 1. The Morgan fingerprint density at radius 1 is 0.971 bits per heavy atom. The molecule has 0 fully saturated rings. The van der Waals surface area contributed by atoms with Gasteiger partial charge in [-0.25, -0.2) is 13.9 Å². The third-order valence-electron chi connectivity index (χ3n) is 5.55. The van der Waals surface area contributed by atoms with Gasteiger partial charge in [-0.3, -0.25) is 9.59 Å². The van der Waals surface area contributed by atoms with Crippen LogP contribution >= 0.6 is 0 Å². The quantitative estimate of drug-likeness (QED) is 0.382. The summed E-state index contributed by atoms with van der Waals surface area (Å²) in [5.74, 6) is -1.67. The fourth-order valence-electron chi connectivity index (χ4n) is 3.81. The molecule has 0 aliphatic carbocycles. The summed E-state index contributed by atoms with van der Waals surface area (Å²) in [7, 11) is 1.55. The van der Waals surface area contributed by atoms with Crippen LogP contribution in [0.4, 0.5) is 4.39 Å². The second-order valence-electron chi connectivity index (χ2n) is 8.21. The van der Waals surface area contributed by atoms with Gasteiger partial charge in [-0.1, -0.05) is 60.7 Å². The normalized spacial score (nSPS) is 11.7. The number of esters is 1. The van der Waals surface area contributed by atoms with Gasteiger partial charge < -0.3 is 9.64 Å². The number of fused-ring (bicyclic) bond motifs is 1. The van der Waals surface area contributed by atoms with Crippen molar-refractivity contribution < 1.29 is 18.7 Å². The molecule has 1 aromatic heterocycles. The highest BCUT2D eigenvalue weighted by molar-refractivity contribution is 6.02. The summed E-state index contributed by atoms with van der Waals surface area (Å²) in [6.45, 7) is 1.79. The number of rotatable bonds is 7. The van der Waals surface area contributed by atoms with E-state index in [1.165, 1.54) is 28.6 Å². The predicted octanol–water partition coefficient (Wildman–Crippen LogP) is 3.79. The number of hydrogen-bond donors (Lipinski definition) is 0. The van der Waals surface area contributed by atoms with Crippen molar-refractivity contribution in [2.45, 2.75) is 26.1 Å². The molecule has 0 radical (unpaired) electrons. The van der Waals surface area contributed by atoms with E-state index < -0.39 is 23.8 Å². The molecule has 178 valence electrons. The molecular formula is C27H24FN3O4. The second kappa shape index (κ2) is 10.3. The monoisotopic (exact) mass is 473 g/mol. The van der Waals surface area contributed by atoms with Gasteiger partial charge in [0.05, 0.1) is 11.9 Å². The van der Waals surface area contributed by atoms with Crippen LogP contribution in [0.5, 0.6) is 0 Å². The van der Waals surface area contributed by atoms with Gasteiger partial charge >= 0.3 is 5.97 Å². The van der Waals surface area contributed by atoms with Crippen LogP contribution in [0.15, 0.2) is 83.7 Å². The van der Waals surface area contributed by atoms with E-state index in [2.05, 4.69) is 5.10 Å². The first-order valence-electron chi connectivity index (χ1n) is 11.1. The topological polar surface area (TPSA) is 81.5 Å². The molecule has 3 aromatic carbocycles. The van der Waals surface area contributed by atoms with Gasteiger partial charge in [0, 0.05) is 19.0 Å². The minimum absolute atomic E-state index is 0.0523. The molecule has 35 heavy (non-hydrogen) atoms. The highest BCUT2D eigenvalue weighted by atomic mass is 19.1. The minimum atomic E-state index is -1.11. The summed E-state index contributed by atoms with van der Waals surface area (Å²) >= 11 is 0. The van der Waals surface area contributed by atoms with Crippen molar-refractivity contribution in [2.75, 3.05) is 7.05 Å². The molecule has 0 bridgehead atoms. The van der Waals surface area contributed by atoms with Crippen LogP contribution in [0.25, 0.3) is 10.8 Å². The Morgan fingerprint density at radius 3 is 2.34 bits per heavy atom. The lowest BCUT2D eigenvalue weighted by atomic mass is 10.1. The zero-order valence-electron chi connectivity index (χ0n) is 19.3. The molecule has 0 aliphatic rings. The molecule has 0 aliphatic heterocycles. The first-order valence-corrected chi connectivity index (χ1v) is 11.1. The molecule has 1 heterocycles. The van der Waals surface area contributed by atoms with E-state index in [1.807, 2.05) is 30.3 Å². The molecule has 8 heteroatoms. The van der Waals surface area contributed by atoms with Gasteiger partial charge in [0.1, 0.15) is 5.82 Å². The third kappa shape index (κ3) is 5.43. The molecule has 7 nitrogen and oxygen atoms in total. The number of nitrogens with zero attached hydrogens (tertiary/aromatic N) is 3. The standard InChI is InChI=1S/C27H24FN3O4/c1-18(25(32)30(2)16-20-11-8-12-21(28)15-20)35-27(34)24-22-13-6-7-14-23(22)26(33)31(29-24)17-19-9-4-3-5-10-19/h3-15,18H,16-17H2,1-2H3. The molecule has 0 saturated heterocycles. The molecular weight excluding hydrogens is 449 g/mol. The van der Waals surface area contributed by atoms with E-state index in [1.54, 1.807) is 43.4 Å². The van der Waals surface area contributed by atoms with E-state index in [-0.39, 0.29) is 24.3 Å². The smallest absolute Gasteiger partial charge is 0.360 e. The summed E-state index contributed by atoms with van der Waals surface area (Å²) in [5.41, 5.74) is 1.07. The maximum absolute atomic E-state index is 13.5. The van der Waals surface area contributed by atoms with E-state index in [0.29, 0.717) is 16.3 Å². The summed E-state index contributed by atoms with van der Waals surface area (Å²) in [6, 6.07) is 21.9. The van der Waals surface area contributed by atoms with Gasteiger partial charge in [-0.2, -0.15) is 5.10 Å². The van der Waals surface area contributed by atoms with Crippen molar-refractivity contribution in [3.63, 3.8) is 0 Å². The number of hydrogen-bond acceptors (Lipinski definition) is 5. The maximum atomic E-state index is 13.5. The van der Waals surface area contributed by atoms with Crippen LogP contribution in [0.3, 0.4) is 0 Å². The van der Waals surface area contributed by atoms with Gasteiger partial charge in [-0.05, 0) is 36.2 Å². The van der Waals surface area contributed by atoms with Crippen LogP contribution in [0, 0.1) is 5.82 Å². The molecule has 4 rings (SSSR count). The van der Waals surface area contributed by atoms with Crippen molar-refractivity contribution >= 4 is 22.6 Å². The number of halogens is 1. The highest BCUT2D eigenvalue weighted by Gasteiger charge is 2.25. The van der Waals surface area contributed by atoms with Crippen LogP contribution in [-0.4, -0.2) is 39.7 Å². The van der Waals surface area contributed by atoms with E-state index in [0.717, 1.165) is 5.56 Å². The molecule has 1 unspecified atom stereocenters. The lowest BCUT2D eigenvalue weighted by molar-refractivity contribution is -0.139. The summed E-state index contributed by atoms with van der Waals surface area (Å²) in [6.07, 6.45) is -1.11. The highest BCUT2D eigenvalue weighted by Crippen LogP contribution is 2.16. The summed E-state index contributed by atoms with van der Waals surface area (Å²) < 4.78 is 20.1. The zero-order valence-corrected chi connectivity index (χ0v) is 19.3. The number of aromatic nitrogens is 2. The van der Waals surface area contributed by atoms with Gasteiger partial charge in [0.2, 0.25) is 0 Å². The van der Waals surface area contributed by atoms with Gasteiger partial charge in [0.25, 0.3) is 11.5 Å². The molecule has 1 amide bonds. The fourth-order valence-corrected chi connectivity index (χ4v) is 3.81. The average Bonchev–Trinajstić information content (AvgIpc) is 2.85. The van der Waals surface area contributed by atoms with E-state index in [4.69, 9.17) is 4.74 Å². The Bertz CT molecular complexity index is 1440. The number of carbonyl (C=O) groups is 2.